The van der Waals surface area contributed by atoms with E-state index in [1.165, 1.54) is 0 Å². The summed E-state index contributed by atoms with van der Waals surface area (Å²) in [7, 11) is 0. The Morgan fingerprint density at radius 1 is 1.65 bits per heavy atom. The fourth-order valence-electron chi connectivity index (χ4n) is 2.59. The van der Waals surface area contributed by atoms with Gasteiger partial charge in [-0.1, -0.05) is 6.42 Å². The predicted molar refractivity (Wildman–Crippen MR) is 65.2 cm³/mol. The van der Waals surface area contributed by atoms with E-state index in [-0.39, 0.29) is 17.9 Å². The third kappa shape index (κ3) is 2.69. The average Bonchev–Trinajstić information content (AvgIpc) is 2.99. The molecule has 0 aliphatic heterocycles. The van der Waals surface area contributed by atoms with Crippen molar-refractivity contribution >= 4 is 5.91 Å². The first-order valence-corrected chi connectivity index (χ1v) is 6.26. The van der Waals surface area contributed by atoms with Gasteiger partial charge in [0.1, 0.15) is 5.76 Å². The molecule has 4 heteroatoms. The average molecular weight is 236 g/mol. The van der Waals surface area contributed by atoms with Crippen LogP contribution < -0.4 is 11.1 Å². The number of rotatable bonds is 4. The summed E-state index contributed by atoms with van der Waals surface area (Å²) < 4.78 is 5.27. The molecule has 1 heterocycles. The van der Waals surface area contributed by atoms with Crippen molar-refractivity contribution in [3.05, 3.63) is 24.2 Å². The van der Waals surface area contributed by atoms with E-state index in [4.69, 9.17) is 10.2 Å². The second-order valence-electron chi connectivity index (χ2n) is 4.78. The lowest BCUT2D eigenvalue weighted by Crippen LogP contribution is -2.36. The van der Waals surface area contributed by atoms with Crippen molar-refractivity contribution < 1.29 is 9.21 Å². The fourth-order valence-corrected chi connectivity index (χ4v) is 2.59. The quantitative estimate of drug-likeness (QED) is 0.838. The Morgan fingerprint density at radius 2 is 2.47 bits per heavy atom. The maximum Gasteiger partial charge on any atom is 0.224 e. The predicted octanol–water partition coefficient (Wildman–Crippen LogP) is 1.83. The molecule has 0 radical (unpaired) electrons. The zero-order chi connectivity index (χ0) is 12.3. The third-order valence-corrected chi connectivity index (χ3v) is 3.63. The molecule has 1 amide bonds. The molecular weight excluding hydrogens is 216 g/mol. The molecule has 1 aliphatic carbocycles. The van der Waals surface area contributed by atoms with E-state index in [0.29, 0.717) is 12.5 Å². The summed E-state index contributed by atoms with van der Waals surface area (Å²) >= 11 is 0. The summed E-state index contributed by atoms with van der Waals surface area (Å²) in [4.78, 5) is 12.1. The normalized spacial score (nSPS) is 25.8. The number of hydrogen-bond donors (Lipinski definition) is 2. The van der Waals surface area contributed by atoms with Gasteiger partial charge in [-0.05, 0) is 44.4 Å². The highest BCUT2D eigenvalue weighted by Gasteiger charge is 2.32. The Bertz CT molecular complexity index is 362. The zero-order valence-electron chi connectivity index (χ0n) is 10.2. The maximum absolute atomic E-state index is 12.1. The van der Waals surface area contributed by atoms with Crippen molar-refractivity contribution in [1.29, 1.82) is 0 Å². The minimum absolute atomic E-state index is 0.0727. The van der Waals surface area contributed by atoms with Crippen molar-refractivity contribution in [3.63, 3.8) is 0 Å². The van der Waals surface area contributed by atoms with Crippen LogP contribution >= 0.6 is 0 Å². The van der Waals surface area contributed by atoms with Crippen LogP contribution in [-0.2, 0) is 4.79 Å². The highest BCUT2D eigenvalue weighted by molar-refractivity contribution is 5.79. The van der Waals surface area contributed by atoms with E-state index in [0.717, 1.165) is 25.0 Å². The first-order valence-electron chi connectivity index (χ1n) is 6.26. The van der Waals surface area contributed by atoms with Gasteiger partial charge in [0.05, 0.1) is 12.3 Å². The first-order chi connectivity index (χ1) is 8.22. The van der Waals surface area contributed by atoms with Crippen LogP contribution in [0.4, 0.5) is 0 Å². The topological polar surface area (TPSA) is 68.3 Å². The Morgan fingerprint density at radius 3 is 3.12 bits per heavy atom. The smallest absolute Gasteiger partial charge is 0.224 e. The zero-order valence-corrected chi connectivity index (χ0v) is 10.2. The van der Waals surface area contributed by atoms with E-state index in [2.05, 4.69) is 5.32 Å². The number of amides is 1. The van der Waals surface area contributed by atoms with Gasteiger partial charge in [0, 0.05) is 5.92 Å². The lowest BCUT2D eigenvalue weighted by atomic mass is 9.95. The number of nitrogens with two attached hydrogens (primary N) is 1. The molecule has 1 aromatic rings. The molecule has 3 atom stereocenters. The molecule has 3 unspecified atom stereocenters. The SMILES string of the molecule is CC(NC(=O)C1CCCC1CN)c1ccco1. The highest BCUT2D eigenvalue weighted by atomic mass is 16.3. The summed E-state index contributed by atoms with van der Waals surface area (Å²) in [5.74, 6) is 1.33. The van der Waals surface area contributed by atoms with Gasteiger partial charge >= 0.3 is 0 Å². The van der Waals surface area contributed by atoms with Crippen LogP contribution in [0.2, 0.25) is 0 Å². The first kappa shape index (κ1) is 12.2. The molecule has 0 bridgehead atoms. The molecule has 1 saturated carbocycles. The Kier molecular flexibility index (Phi) is 3.84. The Labute approximate surface area is 102 Å². The van der Waals surface area contributed by atoms with Gasteiger partial charge in [-0.2, -0.15) is 0 Å². The number of carbonyl (C=O) groups is 1. The molecule has 0 saturated heterocycles. The van der Waals surface area contributed by atoms with Crippen molar-refractivity contribution in [2.24, 2.45) is 17.6 Å². The van der Waals surface area contributed by atoms with E-state index in [9.17, 15) is 4.79 Å². The molecule has 4 nitrogen and oxygen atoms in total. The Hall–Kier alpha value is -1.29. The molecular formula is C13H20N2O2. The second kappa shape index (κ2) is 5.36. The summed E-state index contributed by atoms with van der Waals surface area (Å²) in [6, 6.07) is 3.63. The third-order valence-electron chi connectivity index (χ3n) is 3.63. The molecule has 94 valence electrons. The van der Waals surface area contributed by atoms with Crippen LogP contribution in [0.25, 0.3) is 0 Å². The molecule has 1 fully saturated rings. The van der Waals surface area contributed by atoms with Crippen LogP contribution in [0.1, 0.15) is 38.0 Å². The van der Waals surface area contributed by atoms with Crippen LogP contribution in [0, 0.1) is 11.8 Å². The fraction of sp³-hybridized carbons (Fsp3) is 0.615. The molecule has 0 spiro atoms. The van der Waals surface area contributed by atoms with Gasteiger partial charge in [0.15, 0.2) is 0 Å². The summed E-state index contributed by atoms with van der Waals surface area (Å²) in [5.41, 5.74) is 5.69. The molecule has 3 N–H and O–H groups in total. The number of nitrogens with one attached hydrogen (secondary N) is 1. The lowest BCUT2D eigenvalue weighted by Gasteiger charge is -2.19. The molecule has 1 aliphatic rings. The van der Waals surface area contributed by atoms with Crippen LogP contribution in [0.5, 0.6) is 0 Å². The number of furan rings is 1. The molecule has 1 aromatic heterocycles. The molecule has 17 heavy (non-hydrogen) atoms. The van der Waals surface area contributed by atoms with Gasteiger partial charge in [-0.25, -0.2) is 0 Å². The standard InChI is InChI=1S/C13H20N2O2/c1-9(12-6-3-7-17-12)15-13(16)11-5-2-4-10(11)8-14/h3,6-7,9-11H,2,4-5,8,14H2,1H3,(H,15,16). The van der Waals surface area contributed by atoms with E-state index in [1.54, 1.807) is 6.26 Å². The minimum Gasteiger partial charge on any atom is -0.467 e. The highest BCUT2D eigenvalue weighted by Crippen LogP contribution is 2.31. The van der Waals surface area contributed by atoms with Crippen LogP contribution in [0.3, 0.4) is 0 Å². The van der Waals surface area contributed by atoms with Crippen molar-refractivity contribution in [2.45, 2.75) is 32.2 Å². The van der Waals surface area contributed by atoms with Crippen LogP contribution in [-0.4, -0.2) is 12.5 Å². The van der Waals surface area contributed by atoms with Crippen molar-refractivity contribution in [2.75, 3.05) is 6.54 Å². The van der Waals surface area contributed by atoms with Gasteiger partial charge < -0.3 is 15.5 Å². The van der Waals surface area contributed by atoms with Crippen molar-refractivity contribution in [1.82, 2.24) is 5.32 Å². The molecule has 0 aromatic carbocycles. The van der Waals surface area contributed by atoms with E-state index in [1.807, 2.05) is 19.1 Å². The summed E-state index contributed by atoms with van der Waals surface area (Å²) in [5, 5.41) is 3.00. The van der Waals surface area contributed by atoms with Crippen molar-refractivity contribution in [3.8, 4) is 0 Å². The van der Waals surface area contributed by atoms with Gasteiger partial charge in [-0.3, -0.25) is 4.79 Å². The van der Waals surface area contributed by atoms with E-state index < -0.39 is 0 Å². The summed E-state index contributed by atoms with van der Waals surface area (Å²) in [6.45, 7) is 2.54. The molecule has 2 rings (SSSR count). The Balaban J connectivity index is 1.92. The second-order valence-corrected chi connectivity index (χ2v) is 4.78. The van der Waals surface area contributed by atoms with Gasteiger partial charge in [0.25, 0.3) is 0 Å². The van der Waals surface area contributed by atoms with Crippen LogP contribution in [0.15, 0.2) is 22.8 Å². The van der Waals surface area contributed by atoms with E-state index >= 15 is 0 Å². The number of hydrogen-bond acceptors (Lipinski definition) is 3. The van der Waals surface area contributed by atoms with Gasteiger partial charge in [0.2, 0.25) is 5.91 Å². The van der Waals surface area contributed by atoms with Gasteiger partial charge in [-0.15, -0.1) is 0 Å². The monoisotopic (exact) mass is 236 g/mol. The number of carbonyl (C=O) groups excluding carboxylic acids is 1. The largest absolute Gasteiger partial charge is 0.467 e. The lowest BCUT2D eigenvalue weighted by molar-refractivity contribution is -0.126. The minimum atomic E-state index is -0.0727. The summed E-state index contributed by atoms with van der Waals surface area (Å²) in [6.07, 6.45) is 4.76. The maximum atomic E-state index is 12.1.